The maximum Gasteiger partial charge on any atom is 0.416 e. The van der Waals surface area contributed by atoms with Crippen LogP contribution in [0.4, 0.5) is 22.0 Å². The molecule has 0 saturated heterocycles. The van der Waals surface area contributed by atoms with Crippen LogP contribution in [0.25, 0.3) is 5.57 Å². The predicted molar refractivity (Wildman–Crippen MR) is 217 cm³/mol. The van der Waals surface area contributed by atoms with Crippen LogP contribution < -0.4 is 0 Å². The fourth-order valence-electron chi connectivity index (χ4n) is 6.96. The average Bonchev–Trinajstić information content (AvgIpc) is 3.38. The Balaban J connectivity index is 0.000000366. The first-order valence-corrected chi connectivity index (χ1v) is 19.6. The van der Waals surface area contributed by atoms with Gasteiger partial charge in [0.15, 0.2) is 5.78 Å². The summed E-state index contributed by atoms with van der Waals surface area (Å²) >= 11 is 0. The molecule has 3 aliphatic carbocycles. The summed E-state index contributed by atoms with van der Waals surface area (Å²) in [6, 6.07) is 18.0. The Hall–Kier alpha value is -3.94. The minimum atomic E-state index is -4.22. The van der Waals surface area contributed by atoms with Crippen molar-refractivity contribution in [1.29, 1.82) is 0 Å². The minimum Gasteiger partial charge on any atom is -0.307 e. The molecule has 8 heteroatoms. The van der Waals surface area contributed by atoms with Crippen LogP contribution in [0, 0.1) is 17.8 Å². The van der Waals surface area contributed by atoms with Crippen LogP contribution in [0.5, 0.6) is 0 Å². The topological polar surface area (TPSA) is 51.2 Å². The number of ketones is 1. The number of hydrogen-bond acceptors (Lipinski definition) is 3. The summed E-state index contributed by atoms with van der Waals surface area (Å²) in [5.41, 5.74) is 8.38. The zero-order chi connectivity index (χ0) is 41.8. The van der Waals surface area contributed by atoms with E-state index in [0.29, 0.717) is 0 Å². The molecule has 304 valence electrons. The number of alkyl halides is 5. The summed E-state index contributed by atoms with van der Waals surface area (Å²) in [6.45, 7) is 17.6. The highest BCUT2D eigenvalue weighted by Crippen LogP contribution is 2.42. The van der Waals surface area contributed by atoms with Crippen molar-refractivity contribution in [2.45, 2.75) is 138 Å². The van der Waals surface area contributed by atoms with E-state index in [9.17, 15) is 26.7 Å². The summed E-state index contributed by atoms with van der Waals surface area (Å²) in [5.74, 6) is 0.265. The highest BCUT2D eigenvalue weighted by Gasteiger charge is 2.30. The molecule has 1 saturated carbocycles. The molecule has 0 radical (unpaired) electrons. The Kier molecular flexibility index (Phi) is 21.9. The lowest BCUT2D eigenvalue weighted by Gasteiger charge is -2.30. The van der Waals surface area contributed by atoms with Crippen LogP contribution in [0.1, 0.15) is 150 Å². The molecule has 0 bridgehead atoms. The van der Waals surface area contributed by atoms with E-state index in [1.165, 1.54) is 93.2 Å². The van der Waals surface area contributed by atoms with Gasteiger partial charge < -0.3 is 9.59 Å². The third kappa shape index (κ3) is 17.2. The molecule has 0 heterocycles. The number of Topliss-reactive ketones (excluding diaryl/α,β-unsaturated/α-hetero) is 1. The summed E-state index contributed by atoms with van der Waals surface area (Å²) in [5, 5.41) is 0. The molecule has 0 aromatic heterocycles. The van der Waals surface area contributed by atoms with E-state index in [4.69, 9.17) is 9.59 Å². The van der Waals surface area contributed by atoms with Gasteiger partial charge in [0.1, 0.15) is 13.6 Å². The van der Waals surface area contributed by atoms with Gasteiger partial charge in [0.05, 0.1) is 5.56 Å². The van der Waals surface area contributed by atoms with E-state index in [1.54, 1.807) is 30.2 Å². The zero-order valence-corrected chi connectivity index (χ0v) is 34.1. The Morgan fingerprint density at radius 1 is 0.655 bits per heavy atom. The van der Waals surface area contributed by atoms with Gasteiger partial charge in [-0.3, -0.25) is 4.79 Å². The second-order valence-electron chi connectivity index (χ2n) is 15.1. The highest BCUT2D eigenvalue weighted by molar-refractivity contribution is 5.95. The zero-order valence-electron chi connectivity index (χ0n) is 34.1. The number of hydrogen-bond donors (Lipinski definition) is 0. The van der Waals surface area contributed by atoms with Crippen LogP contribution in [0.3, 0.4) is 0 Å². The van der Waals surface area contributed by atoms with E-state index in [1.807, 2.05) is 33.5 Å². The van der Waals surface area contributed by atoms with Crippen LogP contribution in [0.15, 0.2) is 72.3 Å². The quantitative estimate of drug-likeness (QED) is 0.151. The van der Waals surface area contributed by atoms with Gasteiger partial charge in [-0.15, -0.1) is 0 Å². The molecule has 3 aromatic rings. The molecular weight excluding hydrogens is 708 g/mol. The number of fused-ring (bicyclic) bond motifs is 2. The highest BCUT2D eigenvalue weighted by atomic mass is 19.4. The van der Waals surface area contributed by atoms with Gasteiger partial charge in [-0.05, 0) is 116 Å². The molecule has 0 spiro atoms. The maximum atomic E-state index is 12.7. The lowest BCUT2D eigenvalue weighted by Crippen LogP contribution is -2.14. The van der Waals surface area contributed by atoms with Gasteiger partial charge in [0.25, 0.3) is 5.92 Å². The van der Waals surface area contributed by atoms with E-state index < -0.39 is 17.7 Å². The van der Waals surface area contributed by atoms with Gasteiger partial charge in [0, 0.05) is 18.1 Å². The first kappa shape index (κ1) is 49.1. The van der Waals surface area contributed by atoms with Crippen molar-refractivity contribution in [3.05, 3.63) is 111 Å². The van der Waals surface area contributed by atoms with Gasteiger partial charge >= 0.3 is 6.18 Å². The number of allylic oxidation sites excluding steroid dienone is 2. The van der Waals surface area contributed by atoms with E-state index in [0.717, 1.165) is 72.8 Å². The average molecular weight is 771 g/mol. The van der Waals surface area contributed by atoms with Crippen LogP contribution in [-0.4, -0.2) is 19.4 Å². The molecule has 0 N–H and O–H groups in total. The largest absolute Gasteiger partial charge is 0.416 e. The summed E-state index contributed by atoms with van der Waals surface area (Å²) in [6.07, 6.45) is 11.0. The Labute approximate surface area is 327 Å². The van der Waals surface area contributed by atoms with Crippen molar-refractivity contribution >= 4 is 24.9 Å². The van der Waals surface area contributed by atoms with Crippen molar-refractivity contribution < 1.29 is 36.3 Å². The maximum absolute atomic E-state index is 12.7. The van der Waals surface area contributed by atoms with Crippen molar-refractivity contribution in [2.75, 3.05) is 0 Å². The number of halogens is 5. The predicted octanol–water partition coefficient (Wildman–Crippen LogP) is 13.9. The molecule has 3 aliphatic rings. The minimum absolute atomic E-state index is 0.0831. The molecule has 3 atom stereocenters. The standard InChI is InChI=1S/C17H20O.C10H12F2.C9H9F3.C9H18.2CH2O/c1-11-3-4-13-5-6-14-7-8-15(12(2)18)10-17(14)16(13)9-11;1-3-8-4-6-9(7-5-8)10(2,11)12;1-2-7-3-5-8(6-4-7)9(10,11)12;1-8-4-3-5-9(2)7-6-8;2*1-2/h7-8,10-11H,3-6,9H2,1-2H3;4-7H,3H2,1-2H3;3-6H,2H2,1H3;8-9H,3-7H2,1-2H3;2*1H2. The fraction of sp³-hybridized carbons (Fsp3) is 0.511. The third-order valence-corrected chi connectivity index (χ3v) is 10.6. The van der Waals surface area contributed by atoms with Gasteiger partial charge in [0.2, 0.25) is 0 Å². The van der Waals surface area contributed by atoms with Crippen LogP contribution >= 0.6 is 0 Å². The normalized spacial score (nSPS) is 18.8. The molecule has 3 unspecified atom stereocenters. The number of carbonyl (C=O) groups excluding carboxylic acids is 3. The monoisotopic (exact) mass is 770 g/mol. The molecule has 6 rings (SSSR count). The molecule has 0 aliphatic heterocycles. The second-order valence-corrected chi connectivity index (χ2v) is 15.1. The smallest absolute Gasteiger partial charge is 0.307 e. The third-order valence-electron chi connectivity index (χ3n) is 10.6. The lowest BCUT2D eigenvalue weighted by atomic mass is 9.75. The van der Waals surface area contributed by atoms with Gasteiger partial charge in [-0.1, -0.05) is 121 Å². The molecule has 1 fully saturated rings. The van der Waals surface area contributed by atoms with Crippen molar-refractivity contribution in [3.8, 4) is 0 Å². The molecule has 3 nitrogen and oxygen atoms in total. The SMILES string of the molecule is C=O.C=O.CC(=O)c1ccc2c(c1)C1=C(CC2)CCC(C)C1.CC1CCCC(C)CC1.CCc1ccc(C(C)(F)F)cc1.CCc1ccc(C(F)(F)F)cc1. The Bertz CT molecular complexity index is 1520. The van der Waals surface area contributed by atoms with Crippen molar-refractivity contribution in [3.63, 3.8) is 0 Å². The lowest BCUT2D eigenvalue weighted by molar-refractivity contribution is -0.137. The van der Waals surface area contributed by atoms with E-state index >= 15 is 0 Å². The number of benzene rings is 3. The molecular formula is C47H63F5O3. The van der Waals surface area contributed by atoms with Crippen LogP contribution in [-0.2, 0) is 41.0 Å². The molecule has 3 aromatic carbocycles. The first-order chi connectivity index (χ1) is 26.0. The summed E-state index contributed by atoms with van der Waals surface area (Å²) < 4.78 is 61.5. The number of rotatable bonds is 4. The van der Waals surface area contributed by atoms with E-state index in [2.05, 4.69) is 32.9 Å². The Morgan fingerprint density at radius 3 is 1.58 bits per heavy atom. The first-order valence-electron chi connectivity index (χ1n) is 19.6. The summed E-state index contributed by atoms with van der Waals surface area (Å²) in [7, 11) is 0. The Morgan fingerprint density at radius 2 is 1.15 bits per heavy atom. The number of aryl methyl sites for hydroxylation is 3. The van der Waals surface area contributed by atoms with Crippen LogP contribution in [0.2, 0.25) is 0 Å². The van der Waals surface area contributed by atoms with Crippen molar-refractivity contribution in [2.24, 2.45) is 17.8 Å². The second kappa shape index (κ2) is 24.5. The molecule has 0 amide bonds. The van der Waals surface area contributed by atoms with Gasteiger partial charge in [-0.25, -0.2) is 8.78 Å². The number of carbonyl (C=O) groups is 3. The van der Waals surface area contributed by atoms with E-state index in [-0.39, 0.29) is 11.3 Å². The molecule has 55 heavy (non-hydrogen) atoms. The fourth-order valence-corrected chi connectivity index (χ4v) is 6.96. The van der Waals surface area contributed by atoms with Gasteiger partial charge in [-0.2, -0.15) is 13.2 Å². The van der Waals surface area contributed by atoms with Crippen molar-refractivity contribution in [1.82, 2.24) is 0 Å². The summed E-state index contributed by atoms with van der Waals surface area (Å²) in [4.78, 5) is 27.5.